The van der Waals surface area contributed by atoms with Gasteiger partial charge < -0.3 is 5.73 Å². The summed E-state index contributed by atoms with van der Waals surface area (Å²) < 4.78 is 27.3. The molecule has 0 saturated carbocycles. The Morgan fingerprint density at radius 3 is 2.82 bits per heavy atom. The van der Waals surface area contributed by atoms with Crippen molar-refractivity contribution in [3.63, 3.8) is 0 Å². The minimum atomic E-state index is -3.34. The van der Waals surface area contributed by atoms with Crippen LogP contribution in [0.4, 0.5) is 0 Å². The van der Waals surface area contributed by atoms with E-state index >= 15 is 0 Å². The molecule has 1 saturated heterocycles. The van der Waals surface area contributed by atoms with Gasteiger partial charge >= 0.3 is 0 Å². The van der Waals surface area contributed by atoms with Gasteiger partial charge in [0.15, 0.2) is 0 Å². The zero-order valence-electron chi connectivity index (χ0n) is 9.47. The normalized spacial score (nSPS) is 24.1. The summed E-state index contributed by atoms with van der Waals surface area (Å²) in [6, 6.07) is 1.80. The highest BCUT2D eigenvalue weighted by Crippen LogP contribution is 2.33. The maximum absolute atomic E-state index is 12.4. The number of nitrogens with zero attached hydrogens (tertiary/aromatic N) is 1. The molecule has 2 heterocycles. The molecule has 1 aliphatic heterocycles. The van der Waals surface area contributed by atoms with Gasteiger partial charge in [0.05, 0.1) is 0 Å². The summed E-state index contributed by atoms with van der Waals surface area (Å²) in [6.45, 7) is 3.03. The van der Waals surface area contributed by atoms with E-state index in [-0.39, 0.29) is 12.0 Å². The molecule has 0 amide bonds. The number of hydrogen-bond donors (Lipinski definition) is 1. The van der Waals surface area contributed by atoms with E-state index in [4.69, 9.17) is 5.73 Å². The summed E-state index contributed by atoms with van der Waals surface area (Å²) in [5, 5.41) is 1.77. The zero-order chi connectivity index (χ0) is 12.6. The first-order valence-corrected chi connectivity index (χ1v) is 8.53. The van der Waals surface area contributed by atoms with E-state index in [1.54, 1.807) is 11.4 Å². The molecule has 1 aliphatic rings. The monoisotopic (exact) mass is 338 g/mol. The topological polar surface area (TPSA) is 63.4 Å². The molecule has 2 N–H and O–H groups in total. The predicted octanol–water partition coefficient (Wildman–Crippen LogP) is 1.87. The lowest BCUT2D eigenvalue weighted by molar-refractivity contribution is 0.429. The summed E-state index contributed by atoms with van der Waals surface area (Å²) in [7, 11) is -3.34. The van der Waals surface area contributed by atoms with Crippen LogP contribution in [0.2, 0.25) is 0 Å². The lowest BCUT2D eigenvalue weighted by atomic mass is 10.0. The third-order valence-corrected chi connectivity index (χ3v) is 7.60. The van der Waals surface area contributed by atoms with E-state index in [0.717, 1.165) is 6.42 Å². The Morgan fingerprint density at radius 1 is 1.65 bits per heavy atom. The molecular formula is C10H15BrN2O2S2. The van der Waals surface area contributed by atoms with E-state index < -0.39 is 10.0 Å². The van der Waals surface area contributed by atoms with Crippen LogP contribution in [0.15, 0.2) is 20.1 Å². The van der Waals surface area contributed by atoms with E-state index in [9.17, 15) is 8.42 Å². The number of sulfonamides is 1. The Bertz CT molecular complexity index is 498. The predicted molar refractivity (Wildman–Crippen MR) is 72.5 cm³/mol. The maximum Gasteiger partial charge on any atom is 0.253 e. The summed E-state index contributed by atoms with van der Waals surface area (Å²) in [5.74, 6) is 0.267. The highest BCUT2D eigenvalue weighted by atomic mass is 79.9. The van der Waals surface area contributed by atoms with Crippen LogP contribution in [0, 0.1) is 5.92 Å². The van der Waals surface area contributed by atoms with E-state index in [2.05, 4.69) is 15.9 Å². The molecule has 2 unspecified atom stereocenters. The molecule has 96 valence electrons. The van der Waals surface area contributed by atoms with Gasteiger partial charge in [-0.15, -0.1) is 11.3 Å². The number of nitrogens with two attached hydrogens (primary N) is 1. The van der Waals surface area contributed by atoms with Gasteiger partial charge in [0.1, 0.15) is 4.21 Å². The average molecular weight is 339 g/mol. The molecule has 0 aliphatic carbocycles. The van der Waals surface area contributed by atoms with Crippen LogP contribution in [-0.2, 0) is 10.0 Å². The Morgan fingerprint density at radius 2 is 2.35 bits per heavy atom. The number of rotatable bonds is 3. The first-order valence-electron chi connectivity index (χ1n) is 5.41. The Kier molecular flexibility index (Phi) is 3.94. The van der Waals surface area contributed by atoms with Crippen LogP contribution in [0.3, 0.4) is 0 Å². The van der Waals surface area contributed by atoms with E-state index in [1.807, 2.05) is 6.92 Å². The number of hydrogen-bond acceptors (Lipinski definition) is 4. The summed E-state index contributed by atoms with van der Waals surface area (Å²) in [5.41, 5.74) is 5.82. The van der Waals surface area contributed by atoms with Gasteiger partial charge in [-0.2, -0.15) is 4.31 Å². The van der Waals surface area contributed by atoms with Gasteiger partial charge in [0.25, 0.3) is 10.0 Å². The first-order chi connectivity index (χ1) is 7.93. The second-order valence-electron chi connectivity index (χ2n) is 4.33. The largest absolute Gasteiger partial charge is 0.328 e. The molecule has 0 bridgehead atoms. The molecule has 0 radical (unpaired) electrons. The average Bonchev–Trinajstić information content (AvgIpc) is 2.84. The highest BCUT2D eigenvalue weighted by molar-refractivity contribution is 9.10. The van der Waals surface area contributed by atoms with Crippen molar-refractivity contribution < 1.29 is 8.42 Å². The first kappa shape index (κ1) is 13.5. The van der Waals surface area contributed by atoms with Crippen LogP contribution in [-0.4, -0.2) is 31.9 Å². The van der Waals surface area contributed by atoms with Crippen molar-refractivity contribution in [3.05, 3.63) is 15.9 Å². The molecule has 2 rings (SSSR count). The van der Waals surface area contributed by atoms with Crippen LogP contribution >= 0.6 is 27.3 Å². The van der Waals surface area contributed by atoms with Crippen molar-refractivity contribution >= 4 is 37.3 Å². The van der Waals surface area contributed by atoms with Gasteiger partial charge in [0.2, 0.25) is 0 Å². The molecule has 7 heteroatoms. The maximum atomic E-state index is 12.4. The highest BCUT2D eigenvalue weighted by Gasteiger charge is 2.35. The van der Waals surface area contributed by atoms with Crippen molar-refractivity contribution in [1.82, 2.24) is 4.31 Å². The minimum absolute atomic E-state index is 0.0435. The molecule has 17 heavy (non-hydrogen) atoms. The molecule has 0 spiro atoms. The quantitative estimate of drug-likeness (QED) is 0.914. The Labute approximate surface area is 114 Å². The van der Waals surface area contributed by atoms with Crippen molar-refractivity contribution in [2.24, 2.45) is 11.7 Å². The van der Waals surface area contributed by atoms with Crippen molar-refractivity contribution in [1.29, 1.82) is 0 Å². The molecule has 2 atom stereocenters. The van der Waals surface area contributed by atoms with Crippen LogP contribution in [0.25, 0.3) is 0 Å². The van der Waals surface area contributed by atoms with E-state index in [1.165, 1.54) is 15.6 Å². The number of halogens is 1. The second-order valence-corrected chi connectivity index (χ2v) is 8.23. The smallest absolute Gasteiger partial charge is 0.253 e. The third kappa shape index (κ3) is 2.58. The fraction of sp³-hybridized carbons (Fsp3) is 0.600. The van der Waals surface area contributed by atoms with Gasteiger partial charge in [-0.25, -0.2) is 8.42 Å². The molecule has 1 aromatic heterocycles. The second kappa shape index (κ2) is 4.97. The molecule has 1 aromatic rings. The van der Waals surface area contributed by atoms with Gasteiger partial charge in [0, 0.05) is 23.6 Å². The van der Waals surface area contributed by atoms with Crippen molar-refractivity contribution in [3.8, 4) is 0 Å². The van der Waals surface area contributed by atoms with Gasteiger partial charge in [-0.05, 0) is 46.6 Å². The number of thiophene rings is 1. The molecule has 4 nitrogen and oxygen atoms in total. The van der Waals surface area contributed by atoms with Gasteiger partial charge in [-0.3, -0.25) is 0 Å². The van der Waals surface area contributed by atoms with Crippen LogP contribution in [0.1, 0.15) is 13.3 Å². The molecule has 0 aromatic carbocycles. The minimum Gasteiger partial charge on any atom is -0.328 e. The fourth-order valence-electron chi connectivity index (χ4n) is 1.98. The van der Waals surface area contributed by atoms with Gasteiger partial charge in [-0.1, -0.05) is 0 Å². The summed E-state index contributed by atoms with van der Waals surface area (Å²) in [6.07, 6.45) is 0.847. The summed E-state index contributed by atoms with van der Waals surface area (Å²) in [4.78, 5) is 0. The zero-order valence-corrected chi connectivity index (χ0v) is 12.7. The third-order valence-electron chi connectivity index (χ3n) is 3.09. The van der Waals surface area contributed by atoms with Crippen LogP contribution < -0.4 is 5.73 Å². The van der Waals surface area contributed by atoms with Crippen molar-refractivity contribution in [2.45, 2.75) is 23.6 Å². The fourth-order valence-corrected chi connectivity index (χ4v) is 5.94. The van der Waals surface area contributed by atoms with E-state index in [0.29, 0.717) is 21.8 Å². The molecular weight excluding hydrogens is 324 g/mol. The lowest BCUT2D eigenvalue weighted by Gasteiger charge is -2.17. The standard InChI is InChI=1S/C10H15BrN2O2S2/c1-7(12)8-2-4-13(6-8)17(14,15)10-9(11)3-5-16-10/h3,5,7-8H,2,4,6,12H2,1H3. The Balaban J connectivity index is 2.22. The molecule has 1 fully saturated rings. The summed E-state index contributed by atoms with van der Waals surface area (Å²) >= 11 is 4.52. The SMILES string of the molecule is CC(N)C1CCN(S(=O)(=O)c2sccc2Br)C1. The van der Waals surface area contributed by atoms with Crippen LogP contribution in [0.5, 0.6) is 0 Å². The van der Waals surface area contributed by atoms with Crippen molar-refractivity contribution in [2.75, 3.05) is 13.1 Å². The Hall–Kier alpha value is 0.0500. The lowest BCUT2D eigenvalue weighted by Crippen LogP contribution is -2.32.